The molecule has 2 atom stereocenters. The van der Waals surface area contributed by atoms with Crippen LogP contribution in [-0.4, -0.2) is 64.6 Å². The summed E-state index contributed by atoms with van der Waals surface area (Å²) in [5.74, 6) is 0. The number of nitriles is 1. The van der Waals surface area contributed by atoms with Crippen LogP contribution in [0.4, 0.5) is 0 Å². The lowest BCUT2D eigenvalue weighted by molar-refractivity contribution is 0.0726. The van der Waals surface area contributed by atoms with Gasteiger partial charge in [-0.25, -0.2) is 0 Å². The van der Waals surface area contributed by atoms with Crippen molar-refractivity contribution in [2.75, 3.05) is 47.6 Å². The van der Waals surface area contributed by atoms with Crippen LogP contribution in [0.2, 0.25) is 0 Å². The van der Waals surface area contributed by atoms with Crippen molar-refractivity contribution in [1.29, 1.82) is 5.26 Å². The first-order chi connectivity index (χ1) is 7.69. The maximum Gasteiger partial charge on any atom is 0.108 e. The van der Waals surface area contributed by atoms with Crippen LogP contribution in [0.15, 0.2) is 0 Å². The minimum atomic E-state index is -0.156. The molecule has 0 saturated heterocycles. The monoisotopic (exact) mass is 229 g/mol. The highest BCUT2D eigenvalue weighted by atomic mass is 16.5. The number of nitrogens with zero attached hydrogens (tertiary/aromatic N) is 2. The average molecular weight is 229 g/mol. The van der Waals surface area contributed by atoms with Gasteiger partial charge >= 0.3 is 0 Å². The van der Waals surface area contributed by atoms with Crippen molar-refractivity contribution in [3.8, 4) is 6.07 Å². The Morgan fingerprint density at radius 2 is 2.06 bits per heavy atom. The largest absolute Gasteiger partial charge is 0.383 e. The molecule has 0 bridgehead atoms. The van der Waals surface area contributed by atoms with Gasteiger partial charge in [0.15, 0.2) is 0 Å². The Labute approximate surface area is 98.3 Å². The van der Waals surface area contributed by atoms with E-state index in [4.69, 9.17) is 14.7 Å². The Morgan fingerprint density at radius 1 is 1.38 bits per heavy atom. The van der Waals surface area contributed by atoms with Crippen molar-refractivity contribution in [1.82, 2.24) is 10.2 Å². The van der Waals surface area contributed by atoms with Crippen LogP contribution in [-0.2, 0) is 9.47 Å². The quantitative estimate of drug-likeness (QED) is 0.607. The second-order valence-corrected chi connectivity index (χ2v) is 3.76. The van der Waals surface area contributed by atoms with Gasteiger partial charge in [-0.15, -0.1) is 0 Å². The topological polar surface area (TPSA) is 57.5 Å². The molecule has 0 aliphatic carbocycles. The molecular formula is C11H23N3O2. The Hall–Kier alpha value is -0.670. The number of methoxy groups -OCH3 is 2. The van der Waals surface area contributed by atoms with Gasteiger partial charge in [0.05, 0.1) is 19.3 Å². The Morgan fingerprint density at radius 3 is 2.50 bits per heavy atom. The lowest BCUT2D eigenvalue weighted by Gasteiger charge is -2.29. The predicted molar refractivity (Wildman–Crippen MR) is 63.2 cm³/mol. The summed E-state index contributed by atoms with van der Waals surface area (Å²) in [7, 11) is 5.16. The molecule has 16 heavy (non-hydrogen) atoms. The SMILES string of the molecule is CNC(C#N)CN(CCOC)C(C)COC. The van der Waals surface area contributed by atoms with Crippen molar-refractivity contribution < 1.29 is 9.47 Å². The summed E-state index contributed by atoms with van der Waals surface area (Å²) in [5.41, 5.74) is 0. The zero-order valence-corrected chi connectivity index (χ0v) is 10.7. The van der Waals surface area contributed by atoms with Crippen LogP contribution >= 0.6 is 0 Å². The molecule has 0 aliphatic rings. The lowest BCUT2D eigenvalue weighted by atomic mass is 10.2. The van der Waals surface area contributed by atoms with E-state index in [1.807, 2.05) is 0 Å². The molecule has 0 radical (unpaired) electrons. The van der Waals surface area contributed by atoms with E-state index in [0.717, 1.165) is 6.54 Å². The second-order valence-electron chi connectivity index (χ2n) is 3.76. The van der Waals surface area contributed by atoms with Gasteiger partial charge in [0.2, 0.25) is 0 Å². The first-order valence-electron chi connectivity index (χ1n) is 5.48. The molecule has 2 unspecified atom stereocenters. The molecule has 5 heteroatoms. The van der Waals surface area contributed by atoms with Crippen LogP contribution in [0.25, 0.3) is 0 Å². The van der Waals surface area contributed by atoms with Gasteiger partial charge in [-0.1, -0.05) is 0 Å². The van der Waals surface area contributed by atoms with E-state index in [-0.39, 0.29) is 12.1 Å². The van der Waals surface area contributed by atoms with Gasteiger partial charge in [0.25, 0.3) is 0 Å². The fourth-order valence-electron chi connectivity index (χ4n) is 1.48. The minimum absolute atomic E-state index is 0.156. The van der Waals surface area contributed by atoms with E-state index < -0.39 is 0 Å². The van der Waals surface area contributed by atoms with Gasteiger partial charge < -0.3 is 14.8 Å². The smallest absolute Gasteiger partial charge is 0.108 e. The van der Waals surface area contributed by atoms with Crippen molar-refractivity contribution in [2.24, 2.45) is 0 Å². The summed E-state index contributed by atoms with van der Waals surface area (Å²) in [6.07, 6.45) is 0. The first-order valence-corrected chi connectivity index (χ1v) is 5.48. The minimum Gasteiger partial charge on any atom is -0.383 e. The van der Waals surface area contributed by atoms with E-state index in [2.05, 4.69) is 23.2 Å². The molecule has 0 rings (SSSR count). The third-order valence-corrected chi connectivity index (χ3v) is 2.54. The lowest BCUT2D eigenvalue weighted by Crippen LogP contribution is -2.46. The molecule has 0 aromatic rings. The Balaban J connectivity index is 4.23. The number of likely N-dealkylation sites (N-methyl/N-ethyl adjacent to an activating group) is 1. The van der Waals surface area contributed by atoms with Gasteiger partial charge in [-0.2, -0.15) is 5.26 Å². The molecule has 94 valence electrons. The summed E-state index contributed by atoms with van der Waals surface area (Å²) >= 11 is 0. The predicted octanol–water partition coefficient (Wildman–Crippen LogP) is 0.0813. The first kappa shape index (κ1) is 15.3. The molecule has 1 N–H and O–H groups in total. The van der Waals surface area contributed by atoms with Crippen LogP contribution in [0, 0.1) is 11.3 Å². The summed E-state index contributed by atoms with van der Waals surface area (Å²) in [6.45, 7) is 4.90. The standard InChI is InChI=1S/C11H23N3O2/c1-10(9-16-4)14(5-6-15-3)8-11(7-12)13-2/h10-11,13H,5-6,8-9H2,1-4H3. The summed E-state index contributed by atoms with van der Waals surface area (Å²) in [5, 5.41) is 11.9. The van der Waals surface area contributed by atoms with Gasteiger partial charge in [-0.3, -0.25) is 4.90 Å². The average Bonchev–Trinajstić information content (AvgIpc) is 2.30. The molecule has 0 amide bonds. The van der Waals surface area contributed by atoms with E-state index in [1.54, 1.807) is 21.3 Å². The van der Waals surface area contributed by atoms with E-state index in [9.17, 15) is 0 Å². The van der Waals surface area contributed by atoms with Crippen LogP contribution < -0.4 is 5.32 Å². The number of ether oxygens (including phenoxy) is 2. The van der Waals surface area contributed by atoms with E-state index in [1.165, 1.54) is 0 Å². The number of hydrogen-bond donors (Lipinski definition) is 1. The molecule has 0 saturated carbocycles. The van der Waals surface area contributed by atoms with Crippen LogP contribution in [0.5, 0.6) is 0 Å². The van der Waals surface area contributed by atoms with Crippen molar-refractivity contribution in [2.45, 2.75) is 19.0 Å². The van der Waals surface area contributed by atoms with Crippen molar-refractivity contribution in [3.05, 3.63) is 0 Å². The van der Waals surface area contributed by atoms with Crippen molar-refractivity contribution in [3.63, 3.8) is 0 Å². The van der Waals surface area contributed by atoms with Crippen molar-refractivity contribution >= 4 is 0 Å². The molecule has 5 nitrogen and oxygen atoms in total. The highest BCUT2D eigenvalue weighted by molar-refractivity contribution is 4.91. The van der Waals surface area contributed by atoms with Gasteiger partial charge in [0, 0.05) is 33.4 Å². The summed E-state index contributed by atoms with van der Waals surface area (Å²) < 4.78 is 10.2. The summed E-state index contributed by atoms with van der Waals surface area (Å²) in [4.78, 5) is 2.19. The van der Waals surface area contributed by atoms with Crippen LogP contribution in [0.3, 0.4) is 0 Å². The van der Waals surface area contributed by atoms with E-state index >= 15 is 0 Å². The molecule has 0 spiro atoms. The van der Waals surface area contributed by atoms with Gasteiger partial charge in [0.1, 0.15) is 6.04 Å². The van der Waals surface area contributed by atoms with Gasteiger partial charge in [-0.05, 0) is 14.0 Å². The zero-order valence-electron chi connectivity index (χ0n) is 10.7. The highest BCUT2D eigenvalue weighted by Gasteiger charge is 2.17. The Kier molecular flexibility index (Phi) is 9.15. The molecule has 0 heterocycles. The normalized spacial score (nSPS) is 14.8. The second kappa shape index (κ2) is 9.55. The maximum atomic E-state index is 8.91. The number of nitrogens with one attached hydrogen (secondary N) is 1. The molecule has 0 aliphatic heterocycles. The third-order valence-electron chi connectivity index (χ3n) is 2.54. The van der Waals surface area contributed by atoms with E-state index in [0.29, 0.717) is 19.8 Å². The molecule has 0 fully saturated rings. The molecule has 0 aromatic heterocycles. The highest BCUT2D eigenvalue weighted by Crippen LogP contribution is 2.01. The number of rotatable bonds is 9. The molecular weight excluding hydrogens is 206 g/mol. The summed E-state index contributed by atoms with van der Waals surface area (Å²) in [6, 6.07) is 2.35. The molecule has 0 aromatic carbocycles. The fraction of sp³-hybridized carbons (Fsp3) is 0.909. The third kappa shape index (κ3) is 6.03. The maximum absolute atomic E-state index is 8.91. The zero-order chi connectivity index (χ0) is 12.4. The van der Waals surface area contributed by atoms with Crippen LogP contribution in [0.1, 0.15) is 6.92 Å². The fourth-order valence-corrected chi connectivity index (χ4v) is 1.48. The number of hydrogen-bond acceptors (Lipinski definition) is 5. The Bertz CT molecular complexity index is 206.